The third kappa shape index (κ3) is 4.48. The van der Waals surface area contributed by atoms with Crippen molar-refractivity contribution in [3.63, 3.8) is 0 Å². The lowest BCUT2D eigenvalue weighted by Crippen LogP contribution is -2.54. The Kier molecular flexibility index (Phi) is 6.59. The van der Waals surface area contributed by atoms with Crippen molar-refractivity contribution in [2.45, 2.75) is 38.6 Å². The van der Waals surface area contributed by atoms with E-state index in [0.29, 0.717) is 49.0 Å². The molecule has 2 aliphatic rings. The highest BCUT2D eigenvalue weighted by Gasteiger charge is 2.44. The van der Waals surface area contributed by atoms with Gasteiger partial charge in [-0.05, 0) is 61.6 Å². The molecular weight excluding hydrogens is 364 g/mol. The number of esters is 1. The summed E-state index contributed by atoms with van der Waals surface area (Å²) in [7, 11) is 2.89. The minimum atomic E-state index is -0.574. The van der Waals surface area contributed by atoms with Crippen LogP contribution in [0.25, 0.3) is 6.08 Å². The first-order chi connectivity index (χ1) is 13.5. The quantitative estimate of drug-likeness (QED) is 0.711. The predicted molar refractivity (Wildman–Crippen MR) is 101 cm³/mol. The Balaban J connectivity index is 1.66. The van der Waals surface area contributed by atoms with Gasteiger partial charge >= 0.3 is 12.1 Å². The molecule has 0 unspecified atom stereocenters. The number of carbonyl (C=O) groups is 2. The largest absolute Gasteiger partial charge is 0.479 e. The van der Waals surface area contributed by atoms with Gasteiger partial charge in [0, 0.05) is 12.6 Å². The minimum absolute atomic E-state index is 0.296. The van der Waals surface area contributed by atoms with Crippen molar-refractivity contribution in [1.29, 1.82) is 0 Å². The maximum Gasteiger partial charge on any atom is 0.410 e. The van der Waals surface area contributed by atoms with Gasteiger partial charge in [0.15, 0.2) is 5.76 Å². The molecule has 3 rings (SSSR count). The van der Waals surface area contributed by atoms with Crippen molar-refractivity contribution in [2.75, 3.05) is 27.4 Å². The maximum atomic E-state index is 12.4. The van der Waals surface area contributed by atoms with Gasteiger partial charge in [-0.15, -0.1) is 0 Å². The molecule has 1 aromatic heterocycles. The Labute approximate surface area is 164 Å². The molecule has 4 atom stereocenters. The lowest BCUT2D eigenvalue weighted by atomic mass is 9.69. The van der Waals surface area contributed by atoms with Gasteiger partial charge in [0.1, 0.15) is 6.04 Å². The average Bonchev–Trinajstić information content (AvgIpc) is 3.18. The number of allylic oxidation sites excluding steroid dienone is 1. The van der Waals surface area contributed by atoms with Gasteiger partial charge in [-0.3, -0.25) is 4.90 Å². The number of hydrogen-bond donors (Lipinski definition) is 0. The summed E-state index contributed by atoms with van der Waals surface area (Å²) >= 11 is 0. The molecule has 1 aromatic rings. The molecule has 2 fully saturated rings. The number of rotatable bonds is 5. The number of carbonyl (C=O) groups excluding carboxylic acids is 2. The zero-order chi connectivity index (χ0) is 20.1. The van der Waals surface area contributed by atoms with Gasteiger partial charge in [0.2, 0.25) is 0 Å². The van der Waals surface area contributed by atoms with Crippen molar-refractivity contribution in [3.8, 4) is 5.88 Å². The number of hydrogen-bond acceptors (Lipinski definition) is 7. The topological polar surface area (TPSA) is 91.1 Å². The fraction of sp³-hybridized carbons (Fsp3) is 0.650. The van der Waals surface area contributed by atoms with E-state index < -0.39 is 12.1 Å². The zero-order valence-corrected chi connectivity index (χ0v) is 16.6. The van der Waals surface area contributed by atoms with Crippen LogP contribution in [0, 0.1) is 17.8 Å². The maximum absolute atomic E-state index is 12.4. The number of ether oxygens (including phenoxy) is 3. The Morgan fingerprint density at radius 1 is 1.29 bits per heavy atom. The number of fused-ring (bicyclic) bond motifs is 1. The monoisotopic (exact) mass is 392 g/mol. The van der Waals surface area contributed by atoms with E-state index in [1.54, 1.807) is 20.1 Å². The number of likely N-dealkylation sites (tertiary alicyclic amines) is 1. The molecule has 8 nitrogen and oxygen atoms in total. The van der Waals surface area contributed by atoms with Crippen LogP contribution >= 0.6 is 0 Å². The number of methoxy groups -OCH3 is 2. The van der Waals surface area contributed by atoms with Crippen molar-refractivity contribution in [2.24, 2.45) is 17.8 Å². The average molecular weight is 392 g/mol. The van der Waals surface area contributed by atoms with Gasteiger partial charge in [0.05, 0.1) is 20.8 Å². The van der Waals surface area contributed by atoms with Crippen LogP contribution in [0.5, 0.6) is 5.88 Å². The SMILES string of the molecule is CCOC(=O)[C@@H]1C[C@H]2C[C@@H](/C=C/c3cc(OC)no3)CC[C@H]2CN1C(=O)OC. The second kappa shape index (κ2) is 9.12. The van der Waals surface area contributed by atoms with Crippen LogP contribution in [0.3, 0.4) is 0 Å². The second-order valence-corrected chi connectivity index (χ2v) is 7.35. The summed E-state index contributed by atoms with van der Waals surface area (Å²) in [5.41, 5.74) is 0. The molecule has 0 spiro atoms. The molecule has 2 heterocycles. The molecule has 154 valence electrons. The van der Waals surface area contributed by atoms with E-state index in [-0.39, 0.29) is 5.97 Å². The zero-order valence-electron chi connectivity index (χ0n) is 16.6. The van der Waals surface area contributed by atoms with Crippen molar-refractivity contribution in [1.82, 2.24) is 10.1 Å². The molecule has 1 saturated heterocycles. The number of nitrogens with zero attached hydrogens (tertiary/aromatic N) is 2. The van der Waals surface area contributed by atoms with Gasteiger partial charge < -0.3 is 18.7 Å². The van der Waals surface area contributed by atoms with E-state index in [4.69, 9.17) is 18.7 Å². The van der Waals surface area contributed by atoms with Crippen molar-refractivity contribution >= 4 is 18.1 Å². The third-order valence-electron chi connectivity index (χ3n) is 5.73. The molecule has 0 N–H and O–H groups in total. The first kappa shape index (κ1) is 20.2. The first-order valence-electron chi connectivity index (χ1n) is 9.75. The standard InChI is InChI=1S/C20H28N2O6/c1-4-27-19(23)17-10-15-9-13(6-8-16-11-18(25-2)21-28-16)5-7-14(15)12-22(17)20(24)26-3/h6,8,11,13-15,17H,4-5,7,9-10,12H2,1-3H3/b8-6+/t13-,14+,15-,17+/m1/s1. The minimum Gasteiger partial charge on any atom is -0.479 e. The Hall–Kier alpha value is -2.51. The Bertz CT molecular complexity index is 715. The van der Waals surface area contributed by atoms with Gasteiger partial charge in [-0.1, -0.05) is 6.08 Å². The molecule has 0 radical (unpaired) electrons. The molecule has 0 bridgehead atoms. The van der Waals surface area contributed by atoms with Crippen LogP contribution in [0.2, 0.25) is 0 Å². The van der Waals surface area contributed by atoms with Crippen LogP contribution < -0.4 is 4.74 Å². The highest BCUT2D eigenvalue weighted by molar-refractivity contribution is 5.81. The van der Waals surface area contributed by atoms with E-state index in [2.05, 4.69) is 11.2 Å². The van der Waals surface area contributed by atoms with E-state index >= 15 is 0 Å². The molecule has 1 amide bonds. The number of amides is 1. The van der Waals surface area contributed by atoms with Crippen LogP contribution in [0.4, 0.5) is 4.79 Å². The van der Waals surface area contributed by atoms with Crippen LogP contribution in [0.15, 0.2) is 16.7 Å². The van der Waals surface area contributed by atoms with E-state index in [1.807, 2.05) is 6.08 Å². The summed E-state index contributed by atoms with van der Waals surface area (Å²) in [6.45, 7) is 2.60. The van der Waals surface area contributed by atoms with Crippen LogP contribution in [0.1, 0.15) is 38.4 Å². The molecule has 1 aliphatic carbocycles. The summed E-state index contributed by atoms with van der Waals surface area (Å²) in [6, 6.07) is 1.17. The molecule has 8 heteroatoms. The normalized spacial score (nSPS) is 27.3. The van der Waals surface area contributed by atoms with Crippen molar-refractivity contribution in [3.05, 3.63) is 17.9 Å². The number of piperidine rings is 1. The first-order valence-corrected chi connectivity index (χ1v) is 9.75. The van der Waals surface area contributed by atoms with Gasteiger partial charge in [-0.2, -0.15) is 0 Å². The Morgan fingerprint density at radius 3 is 2.79 bits per heavy atom. The van der Waals surface area contributed by atoms with Gasteiger partial charge in [-0.25, -0.2) is 9.59 Å². The van der Waals surface area contributed by atoms with E-state index in [1.165, 1.54) is 12.0 Å². The molecule has 28 heavy (non-hydrogen) atoms. The van der Waals surface area contributed by atoms with Crippen molar-refractivity contribution < 1.29 is 28.3 Å². The second-order valence-electron chi connectivity index (χ2n) is 7.35. The van der Waals surface area contributed by atoms with Crippen LogP contribution in [-0.2, 0) is 14.3 Å². The number of aromatic nitrogens is 1. The third-order valence-corrected chi connectivity index (χ3v) is 5.73. The predicted octanol–water partition coefficient (Wildman–Crippen LogP) is 3.13. The summed E-state index contributed by atoms with van der Waals surface area (Å²) in [4.78, 5) is 26.1. The lowest BCUT2D eigenvalue weighted by molar-refractivity contribution is -0.152. The van der Waals surface area contributed by atoms with Crippen LogP contribution in [-0.4, -0.2) is 55.5 Å². The highest BCUT2D eigenvalue weighted by Crippen LogP contribution is 2.42. The summed E-state index contributed by atoms with van der Waals surface area (Å²) in [6.07, 6.45) is 7.22. The fourth-order valence-corrected chi connectivity index (χ4v) is 4.32. The van der Waals surface area contributed by atoms with E-state index in [9.17, 15) is 9.59 Å². The fourth-order valence-electron chi connectivity index (χ4n) is 4.32. The molecule has 0 aromatic carbocycles. The lowest BCUT2D eigenvalue weighted by Gasteiger charge is -2.45. The molecule has 1 saturated carbocycles. The summed E-state index contributed by atoms with van der Waals surface area (Å²) in [5.74, 6) is 1.89. The van der Waals surface area contributed by atoms with Gasteiger partial charge in [0.25, 0.3) is 5.88 Å². The van der Waals surface area contributed by atoms with E-state index in [0.717, 1.165) is 19.3 Å². The smallest absolute Gasteiger partial charge is 0.410 e. The highest BCUT2D eigenvalue weighted by atomic mass is 16.6. The summed E-state index contributed by atoms with van der Waals surface area (Å²) in [5, 5.41) is 3.79. The summed E-state index contributed by atoms with van der Waals surface area (Å²) < 4.78 is 20.3. The Morgan fingerprint density at radius 2 is 2.11 bits per heavy atom. The molecular formula is C20H28N2O6. The molecule has 1 aliphatic heterocycles.